The van der Waals surface area contributed by atoms with Crippen molar-refractivity contribution in [3.8, 4) is 0 Å². The van der Waals surface area contributed by atoms with Gasteiger partial charge in [-0.1, -0.05) is 24.2 Å². The molecule has 1 aliphatic carbocycles. The van der Waals surface area contributed by atoms with Crippen molar-refractivity contribution in [2.24, 2.45) is 5.92 Å². The van der Waals surface area contributed by atoms with E-state index in [2.05, 4.69) is 15.2 Å². The topological polar surface area (TPSA) is 71.2 Å². The highest BCUT2D eigenvalue weighted by Crippen LogP contribution is 2.33. The van der Waals surface area contributed by atoms with Gasteiger partial charge in [-0.15, -0.1) is 0 Å². The molecule has 1 aromatic heterocycles. The highest BCUT2D eigenvalue weighted by Gasteiger charge is 2.22. The maximum absolute atomic E-state index is 12.1. The second-order valence-corrected chi connectivity index (χ2v) is 6.72. The SMILES string of the molecule is Nc1nc(N2CCCC2)sc1C(=O)NCCCC1CC1. The monoisotopic (exact) mass is 294 g/mol. The van der Waals surface area contributed by atoms with Gasteiger partial charge >= 0.3 is 0 Å². The minimum absolute atomic E-state index is 0.0683. The summed E-state index contributed by atoms with van der Waals surface area (Å²) in [5.74, 6) is 1.22. The van der Waals surface area contributed by atoms with Crippen LogP contribution in [0.5, 0.6) is 0 Å². The van der Waals surface area contributed by atoms with Gasteiger partial charge in [-0.05, 0) is 31.6 Å². The molecule has 20 heavy (non-hydrogen) atoms. The van der Waals surface area contributed by atoms with Gasteiger partial charge in [-0.2, -0.15) is 0 Å². The van der Waals surface area contributed by atoms with Gasteiger partial charge < -0.3 is 16.0 Å². The Labute approximate surface area is 123 Å². The van der Waals surface area contributed by atoms with E-state index in [-0.39, 0.29) is 5.91 Å². The van der Waals surface area contributed by atoms with E-state index >= 15 is 0 Å². The number of thiazole rings is 1. The lowest BCUT2D eigenvalue weighted by Gasteiger charge is -2.11. The van der Waals surface area contributed by atoms with Crippen LogP contribution >= 0.6 is 11.3 Å². The Balaban J connectivity index is 1.53. The number of hydrogen-bond donors (Lipinski definition) is 2. The average molecular weight is 294 g/mol. The summed E-state index contributed by atoms with van der Waals surface area (Å²) < 4.78 is 0. The van der Waals surface area contributed by atoms with Crippen LogP contribution in [0.4, 0.5) is 10.9 Å². The fourth-order valence-electron chi connectivity index (χ4n) is 2.61. The van der Waals surface area contributed by atoms with E-state index in [4.69, 9.17) is 5.73 Å². The number of rotatable bonds is 6. The Morgan fingerprint density at radius 1 is 1.40 bits per heavy atom. The van der Waals surface area contributed by atoms with Crippen molar-refractivity contribution in [2.75, 3.05) is 30.3 Å². The van der Waals surface area contributed by atoms with E-state index in [1.54, 1.807) is 0 Å². The number of carbonyl (C=O) groups is 1. The predicted molar refractivity (Wildman–Crippen MR) is 82.3 cm³/mol. The van der Waals surface area contributed by atoms with Crippen molar-refractivity contribution in [3.63, 3.8) is 0 Å². The number of nitrogens with two attached hydrogens (primary N) is 1. The first-order valence-corrected chi connectivity index (χ1v) is 8.35. The molecule has 0 radical (unpaired) electrons. The summed E-state index contributed by atoms with van der Waals surface area (Å²) in [6.07, 6.45) is 7.43. The second kappa shape index (κ2) is 5.99. The molecule has 0 aromatic carbocycles. The van der Waals surface area contributed by atoms with Crippen molar-refractivity contribution >= 4 is 28.2 Å². The van der Waals surface area contributed by atoms with Gasteiger partial charge in [0.1, 0.15) is 10.7 Å². The third-order valence-electron chi connectivity index (χ3n) is 4.00. The first-order chi connectivity index (χ1) is 9.74. The van der Waals surface area contributed by atoms with Crippen molar-refractivity contribution in [3.05, 3.63) is 4.88 Å². The lowest BCUT2D eigenvalue weighted by atomic mass is 10.2. The second-order valence-electron chi connectivity index (χ2n) is 5.75. The fourth-order valence-corrected chi connectivity index (χ4v) is 3.56. The number of nitrogen functional groups attached to an aromatic ring is 1. The Kier molecular flexibility index (Phi) is 4.10. The molecule has 2 aliphatic rings. The van der Waals surface area contributed by atoms with E-state index in [9.17, 15) is 4.79 Å². The number of amides is 1. The molecule has 0 spiro atoms. The van der Waals surface area contributed by atoms with Crippen LogP contribution in [0.15, 0.2) is 0 Å². The Morgan fingerprint density at radius 3 is 2.85 bits per heavy atom. The summed E-state index contributed by atoms with van der Waals surface area (Å²) in [6, 6.07) is 0. The first kappa shape index (κ1) is 13.7. The molecule has 1 saturated carbocycles. The number of nitrogens with zero attached hydrogens (tertiary/aromatic N) is 2. The Bertz CT molecular complexity index is 478. The number of anilines is 2. The molecule has 5 nitrogen and oxygen atoms in total. The smallest absolute Gasteiger partial charge is 0.265 e. The molecule has 1 amide bonds. The maximum atomic E-state index is 12.1. The summed E-state index contributed by atoms with van der Waals surface area (Å²) in [7, 11) is 0. The Hall–Kier alpha value is -1.30. The molecule has 0 unspecified atom stereocenters. The molecular weight excluding hydrogens is 272 g/mol. The molecule has 2 heterocycles. The van der Waals surface area contributed by atoms with Gasteiger partial charge in [0.05, 0.1) is 0 Å². The minimum Gasteiger partial charge on any atom is -0.382 e. The highest BCUT2D eigenvalue weighted by molar-refractivity contribution is 7.18. The normalized spacial score (nSPS) is 18.5. The van der Waals surface area contributed by atoms with Crippen LogP contribution in [0.25, 0.3) is 0 Å². The van der Waals surface area contributed by atoms with E-state index in [1.807, 2.05) is 0 Å². The van der Waals surface area contributed by atoms with Gasteiger partial charge in [0.15, 0.2) is 5.13 Å². The number of nitrogens with one attached hydrogen (secondary N) is 1. The molecule has 110 valence electrons. The summed E-state index contributed by atoms with van der Waals surface area (Å²) in [5, 5.41) is 3.85. The largest absolute Gasteiger partial charge is 0.382 e. The maximum Gasteiger partial charge on any atom is 0.265 e. The third-order valence-corrected chi connectivity index (χ3v) is 5.13. The van der Waals surface area contributed by atoms with Gasteiger partial charge in [0, 0.05) is 19.6 Å². The van der Waals surface area contributed by atoms with E-state index in [0.29, 0.717) is 10.7 Å². The summed E-state index contributed by atoms with van der Waals surface area (Å²) in [5.41, 5.74) is 5.88. The number of aromatic nitrogens is 1. The molecule has 0 bridgehead atoms. The molecule has 6 heteroatoms. The van der Waals surface area contributed by atoms with Crippen LogP contribution in [0.3, 0.4) is 0 Å². The van der Waals surface area contributed by atoms with Gasteiger partial charge in [-0.25, -0.2) is 4.98 Å². The average Bonchev–Trinajstić information content (AvgIpc) is 2.94. The predicted octanol–water partition coefficient (Wildman–Crippen LogP) is 2.25. The summed E-state index contributed by atoms with van der Waals surface area (Å²) in [6.45, 7) is 2.79. The van der Waals surface area contributed by atoms with Crippen LogP contribution in [0.2, 0.25) is 0 Å². The molecule has 1 aromatic rings. The van der Waals surface area contributed by atoms with Crippen molar-refractivity contribution in [2.45, 2.75) is 38.5 Å². The summed E-state index contributed by atoms with van der Waals surface area (Å²) in [4.78, 5) is 19.2. The van der Waals surface area contributed by atoms with Crippen LogP contribution < -0.4 is 16.0 Å². The lowest BCUT2D eigenvalue weighted by Crippen LogP contribution is -2.24. The highest BCUT2D eigenvalue weighted by atomic mass is 32.1. The van der Waals surface area contributed by atoms with E-state index in [1.165, 1.54) is 43.4 Å². The quantitative estimate of drug-likeness (QED) is 0.789. The van der Waals surface area contributed by atoms with Crippen LogP contribution in [0.1, 0.15) is 48.2 Å². The molecule has 0 atom stereocenters. The van der Waals surface area contributed by atoms with Gasteiger partial charge in [0.25, 0.3) is 5.91 Å². The van der Waals surface area contributed by atoms with Gasteiger partial charge in [-0.3, -0.25) is 4.79 Å². The lowest BCUT2D eigenvalue weighted by molar-refractivity contribution is 0.0957. The van der Waals surface area contributed by atoms with Crippen molar-refractivity contribution in [1.82, 2.24) is 10.3 Å². The van der Waals surface area contributed by atoms with Gasteiger partial charge in [0.2, 0.25) is 0 Å². The Morgan fingerprint density at radius 2 is 2.15 bits per heavy atom. The zero-order valence-corrected chi connectivity index (χ0v) is 12.5. The fraction of sp³-hybridized carbons (Fsp3) is 0.714. The summed E-state index contributed by atoms with van der Waals surface area (Å²) >= 11 is 1.42. The molecular formula is C14H22N4OS. The third kappa shape index (κ3) is 3.23. The zero-order chi connectivity index (χ0) is 13.9. The van der Waals surface area contributed by atoms with Crippen molar-refractivity contribution in [1.29, 1.82) is 0 Å². The number of hydrogen-bond acceptors (Lipinski definition) is 5. The molecule has 1 aliphatic heterocycles. The number of carbonyl (C=O) groups excluding carboxylic acids is 1. The first-order valence-electron chi connectivity index (χ1n) is 7.53. The van der Waals surface area contributed by atoms with Crippen molar-refractivity contribution < 1.29 is 4.79 Å². The zero-order valence-electron chi connectivity index (χ0n) is 11.7. The molecule has 3 rings (SSSR count). The minimum atomic E-state index is -0.0683. The van der Waals surface area contributed by atoms with Crippen LogP contribution in [-0.2, 0) is 0 Å². The molecule has 1 saturated heterocycles. The standard InChI is InChI=1S/C14H22N4OS/c15-12-11(13(19)16-7-3-4-10-5-6-10)20-14(17-12)18-8-1-2-9-18/h10H,1-9,15H2,(H,16,19). The van der Waals surface area contributed by atoms with E-state index < -0.39 is 0 Å². The van der Waals surface area contributed by atoms with Crippen LogP contribution in [-0.4, -0.2) is 30.5 Å². The molecule has 3 N–H and O–H groups in total. The van der Waals surface area contributed by atoms with Crippen LogP contribution in [0, 0.1) is 5.92 Å². The van der Waals surface area contributed by atoms with E-state index in [0.717, 1.165) is 37.1 Å². The molecule has 2 fully saturated rings.